The SMILES string of the molecule is Fc1cc[c-]c2c1CCCCC2.Fc1cc[c-]c2c1CCCCC2.[Ti+4].c1cc[cH-]c1.c1cc[cH-]c1. The fraction of sp³-hybridized carbons (Fsp3) is 0.312. The first-order valence-electron chi connectivity index (χ1n) is 12.4. The number of fused-ring (bicyclic) bond motifs is 2. The topological polar surface area (TPSA) is 0 Å². The second kappa shape index (κ2) is 17.2. The summed E-state index contributed by atoms with van der Waals surface area (Å²) in [6.45, 7) is 0. The standard InChI is InChI=1S/2C11H12F.2C5H5.Ti/c2*12-11-8-4-6-9-5-2-1-3-7-10(9)11;2*1-2-4-5-3-1;/h2*4,8H,1-3,5,7H2;2*1-5H;/q4*-1;+4. The van der Waals surface area contributed by atoms with Crippen LogP contribution in [0.2, 0.25) is 0 Å². The maximum absolute atomic E-state index is 13.2. The van der Waals surface area contributed by atoms with Crippen LogP contribution >= 0.6 is 0 Å². The quantitative estimate of drug-likeness (QED) is 0.128. The molecule has 4 aromatic rings. The fourth-order valence-corrected chi connectivity index (χ4v) is 4.28. The Hall–Kier alpha value is -2.29. The Morgan fingerprint density at radius 2 is 0.914 bits per heavy atom. The third-order valence-electron chi connectivity index (χ3n) is 6.10. The van der Waals surface area contributed by atoms with Gasteiger partial charge in [0.05, 0.1) is 0 Å². The van der Waals surface area contributed by atoms with Gasteiger partial charge < -0.3 is 0 Å². The molecule has 2 aliphatic rings. The van der Waals surface area contributed by atoms with Crippen LogP contribution in [0.1, 0.15) is 60.8 Å². The van der Waals surface area contributed by atoms with Crippen LogP contribution in [0.3, 0.4) is 0 Å². The molecule has 0 fully saturated rings. The monoisotopic (exact) mass is 504 g/mol. The van der Waals surface area contributed by atoms with Crippen molar-refractivity contribution in [3.05, 3.63) is 131 Å². The molecule has 0 saturated heterocycles. The van der Waals surface area contributed by atoms with Gasteiger partial charge in [-0.25, -0.2) is 33.0 Å². The zero-order valence-electron chi connectivity index (χ0n) is 20.4. The minimum absolute atomic E-state index is 0. The summed E-state index contributed by atoms with van der Waals surface area (Å²) in [6.07, 6.45) is 10.9. The van der Waals surface area contributed by atoms with Crippen molar-refractivity contribution in [3.63, 3.8) is 0 Å². The Morgan fingerprint density at radius 3 is 1.26 bits per heavy atom. The van der Waals surface area contributed by atoms with E-state index in [0.29, 0.717) is 0 Å². The van der Waals surface area contributed by atoms with Crippen molar-refractivity contribution in [2.75, 3.05) is 0 Å². The average molecular weight is 504 g/mol. The molecule has 0 aromatic heterocycles. The summed E-state index contributed by atoms with van der Waals surface area (Å²) >= 11 is 0. The summed E-state index contributed by atoms with van der Waals surface area (Å²) in [5, 5.41) is 0. The van der Waals surface area contributed by atoms with Gasteiger partial charge in [-0.15, -0.1) is 23.3 Å². The molecule has 2 aliphatic carbocycles. The molecule has 0 amide bonds. The molecule has 0 unspecified atom stereocenters. The summed E-state index contributed by atoms with van der Waals surface area (Å²) in [7, 11) is 0. The van der Waals surface area contributed by atoms with Gasteiger partial charge in [-0.05, 0) is 0 Å². The Balaban J connectivity index is 0.000000176. The zero-order valence-corrected chi connectivity index (χ0v) is 22.0. The summed E-state index contributed by atoms with van der Waals surface area (Å²) < 4.78 is 26.5. The molecule has 0 nitrogen and oxygen atoms in total. The minimum Gasteiger partial charge on any atom is -0.235 e. The van der Waals surface area contributed by atoms with Gasteiger partial charge in [-0.3, -0.25) is 0 Å². The number of hydrogen-bond donors (Lipinski definition) is 0. The molecular weight excluding hydrogens is 470 g/mol. The number of aryl methyl sites for hydroxylation is 2. The predicted octanol–water partition coefficient (Wildman–Crippen LogP) is 8.60. The summed E-state index contributed by atoms with van der Waals surface area (Å²) in [5.74, 6) is -0.0729. The smallest absolute Gasteiger partial charge is 0.235 e. The van der Waals surface area contributed by atoms with Crippen molar-refractivity contribution in [1.29, 1.82) is 0 Å². The van der Waals surface area contributed by atoms with Crippen molar-refractivity contribution in [1.82, 2.24) is 0 Å². The van der Waals surface area contributed by atoms with Gasteiger partial charge in [0.2, 0.25) is 0 Å². The second-order valence-corrected chi connectivity index (χ2v) is 8.61. The van der Waals surface area contributed by atoms with E-state index in [2.05, 4.69) is 12.1 Å². The van der Waals surface area contributed by atoms with E-state index in [9.17, 15) is 8.78 Å². The van der Waals surface area contributed by atoms with E-state index in [1.165, 1.54) is 37.8 Å². The Morgan fingerprint density at radius 1 is 0.543 bits per heavy atom. The van der Waals surface area contributed by atoms with Gasteiger partial charge in [-0.2, -0.15) is 71.8 Å². The molecule has 0 aliphatic heterocycles. The van der Waals surface area contributed by atoms with Gasteiger partial charge in [0.25, 0.3) is 0 Å². The van der Waals surface area contributed by atoms with Gasteiger partial charge >= 0.3 is 21.7 Å². The minimum atomic E-state index is -0.0364. The first-order valence-corrected chi connectivity index (χ1v) is 12.4. The largest absolute Gasteiger partial charge is 4.00 e. The van der Waals surface area contributed by atoms with Gasteiger partial charge in [0.15, 0.2) is 0 Å². The first kappa shape index (κ1) is 28.9. The number of halogens is 2. The summed E-state index contributed by atoms with van der Waals surface area (Å²) in [5.41, 5.74) is 4.03. The third kappa shape index (κ3) is 10.5. The Kier molecular flexibility index (Phi) is 14.2. The number of benzene rings is 2. The van der Waals surface area contributed by atoms with E-state index >= 15 is 0 Å². The molecule has 0 atom stereocenters. The van der Waals surface area contributed by atoms with Crippen LogP contribution < -0.4 is 0 Å². The normalized spacial score (nSPS) is 13.8. The molecule has 4 aromatic carbocycles. The summed E-state index contributed by atoms with van der Waals surface area (Å²) in [6, 6.07) is 32.7. The number of hydrogen-bond acceptors (Lipinski definition) is 0. The molecule has 0 bridgehead atoms. The Labute approximate surface area is 225 Å². The molecular formula is C32H34F2Ti. The van der Waals surface area contributed by atoms with Crippen molar-refractivity contribution in [2.45, 2.75) is 64.2 Å². The van der Waals surface area contributed by atoms with Crippen LogP contribution in [0.5, 0.6) is 0 Å². The molecule has 6 rings (SSSR count). The molecule has 0 saturated carbocycles. The van der Waals surface area contributed by atoms with Crippen LogP contribution in [0.4, 0.5) is 8.78 Å². The second-order valence-electron chi connectivity index (χ2n) is 8.61. The van der Waals surface area contributed by atoms with Crippen molar-refractivity contribution in [2.24, 2.45) is 0 Å². The van der Waals surface area contributed by atoms with E-state index < -0.39 is 0 Å². The van der Waals surface area contributed by atoms with Crippen LogP contribution in [0.15, 0.2) is 84.9 Å². The molecule has 3 heteroatoms. The number of rotatable bonds is 0. The van der Waals surface area contributed by atoms with E-state index in [1.54, 1.807) is 12.1 Å². The van der Waals surface area contributed by atoms with Gasteiger partial charge in [-0.1, -0.05) is 64.2 Å². The van der Waals surface area contributed by atoms with E-state index in [0.717, 1.165) is 60.8 Å². The molecule has 35 heavy (non-hydrogen) atoms. The van der Waals surface area contributed by atoms with E-state index in [1.807, 2.05) is 60.7 Å². The molecule has 0 heterocycles. The van der Waals surface area contributed by atoms with Crippen molar-refractivity contribution in [3.8, 4) is 0 Å². The predicted molar refractivity (Wildman–Crippen MR) is 137 cm³/mol. The molecule has 0 radical (unpaired) electrons. The molecule has 180 valence electrons. The van der Waals surface area contributed by atoms with Crippen LogP contribution in [0.25, 0.3) is 0 Å². The maximum atomic E-state index is 13.2. The third-order valence-corrected chi connectivity index (χ3v) is 6.10. The maximum Gasteiger partial charge on any atom is 4.00 e. The van der Waals surface area contributed by atoms with Crippen molar-refractivity contribution >= 4 is 0 Å². The zero-order chi connectivity index (χ0) is 23.8. The fourth-order valence-electron chi connectivity index (χ4n) is 4.28. The van der Waals surface area contributed by atoms with Crippen molar-refractivity contribution < 1.29 is 30.5 Å². The van der Waals surface area contributed by atoms with Crippen LogP contribution in [0, 0.1) is 23.8 Å². The van der Waals surface area contributed by atoms with Crippen LogP contribution in [-0.4, -0.2) is 0 Å². The van der Waals surface area contributed by atoms with E-state index in [4.69, 9.17) is 0 Å². The van der Waals surface area contributed by atoms with Gasteiger partial charge in [0, 0.05) is 11.6 Å². The molecule has 0 spiro atoms. The average Bonchev–Trinajstić information content (AvgIpc) is 3.54. The molecule has 0 N–H and O–H groups in total. The Bertz CT molecular complexity index is 915. The first-order chi connectivity index (χ1) is 16.8. The van der Waals surface area contributed by atoms with Gasteiger partial charge in [0.1, 0.15) is 0 Å². The van der Waals surface area contributed by atoms with Crippen LogP contribution in [-0.2, 0) is 47.4 Å². The summed E-state index contributed by atoms with van der Waals surface area (Å²) in [4.78, 5) is 0. The van der Waals surface area contributed by atoms with E-state index in [-0.39, 0.29) is 33.4 Å².